The Hall–Kier alpha value is -4.26. The zero-order valence-electron chi connectivity index (χ0n) is 19.2. The fourth-order valence-corrected chi connectivity index (χ4v) is 3.98. The van der Waals surface area contributed by atoms with Crippen molar-refractivity contribution in [3.8, 4) is 6.07 Å². The molecule has 4 aromatic rings. The zero-order chi connectivity index (χ0) is 24.2. The summed E-state index contributed by atoms with van der Waals surface area (Å²) in [5.41, 5.74) is 1.29. The van der Waals surface area contributed by atoms with Crippen molar-refractivity contribution in [3.05, 3.63) is 75.3 Å². The third-order valence-corrected chi connectivity index (χ3v) is 5.61. The van der Waals surface area contributed by atoms with Crippen LogP contribution in [0.5, 0.6) is 0 Å². The Labute approximate surface area is 195 Å². The van der Waals surface area contributed by atoms with E-state index in [1.54, 1.807) is 24.5 Å². The predicted molar refractivity (Wildman–Crippen MR) is 122 cm³/mol. The van der Waals surface area contributed by atoms with Crippen molar-refractivity contribution in [2.45, 2.75) is 46.2 Å². The van der Waals surface area contributed by atoms with Crippen LogP contribution in [0.4, 0.5) is 0 Å². The topological polar surface area (TPSA) is 131 Å². The molecule has 10 nitrogen and oxygen atoms in total. The highest BCUT2D eigenvalue weighted by Crippen LogP contribution is 2.27. The lowest BCUT2D eigenvalue weighted by Crippen LogP contribution is -2.39. The first-order chi connectivity index (χ1) is 16.4. The summed E-state index contributed by atoms with van der Waals surface area (Å²) in [5.74, 6) is 0.439. The largest absolute Gasteiger partial charge is 0.361 e. The van der Waals surface area contributed by atoms with Crippen molar-refractivity contribution in [2.75, 3.05) is 6.54 Å². The Morgan fingerprint density at radius 1 is 1.21 bits per heavy atom. The standard InChI is InChI=1S/C24H24N6O4/c1-4-19(29(12-8-11-25)23(31)18-13-15(2)33-28-18)21-26-22-20(16(3)27-34-22)24(32)30(21)14-17-9-6-5-7-10-17/h5-7,9-10,13,19H,4,8,12,14H2,1-3H3. The normalized spacial score (nSPS) is 11.9. The molecule has 0 aliphatic carbocycles. The van der Waals surface area contributed by atoms with Gasteiger partial charge in [-0.2, -0.15) is 10.2 Å². The van der Waals surface area contributed by atoms with Crippen molar-refractivity contribution in [3.63, 3.8) is 0 Å². The maximum atomic E-state index is 13.6. The molecule has 0 radical (unpaired) electrons. The summed E-state index contributed by atoms with van der Waals surface area (Å²) in [6.07, 6.45) is 0.541. The molecule has 0 aliphatic heterocycles. The van der Waals surface area contributed by atoms with Gasteiger partial charge < -0.3 is 13.9 Å². The zero-order valence-corrected chi connectivity index (χ0v) is 19.2. The molecule has 34 heavy (non-hydrogen) atoms. The smallest absolute Gasteiger partial charge is 0.276 e. The Morgan fingerprint density at radius 3 is 2.62 bits per heavy atom. The number of nitriles is 1. The van der Waals surface area contributed by atoms with Gasteiger partial charge in [0.25, 0.3) is 17.2 Å². The summed E-state index contributed by atoms with van der Waals surface area (Å²) < 4.78 is 12.0. The van der Waals surface area contributed by atoms with E-state index in [1.807, 2.05) is 37.3 Å². The van der Waals surface area contributed by atoms with E-state index in [1.165, 1.54) is 4.90 Å². The summed E-state index contributed by atoms with van der Waals surface area (Å²) in [7, 11) is 0. The van der Waals surface area contributed by atoms with E-state index in [4.69, 9.17) is 9.05 Å². The molecule has 0 aliphatic rings. The minimum Gasteiger partial charge on any atom is -0.361 e. The molecule has 4 rings (SSSR count). The van der Waals surface area contributed by atoms with Gasteiger partial charge in [0.1, 0.15) is 17.0 Å². The number of nitrogens with zero attached hydrogens (tertiary/aromatic N) is 6. The highest BCUT2D eigenvalue weighted by Gasteiger charge is 2.31. The number of fused-ring (bicyclic) bond motifs is 1. The van der Waals surface area contributed by atoms with Gasteiger partial charge in [-0.05, 0) is 25.8 Å². The average molecular weight is 460 g/mol. The third-order valence-electron chi connectivity index (χ3n) is 5.61. The van der Waals surface area contributed by atoms with Crippen LogP contribution >= 0.6 is 0 Å². The second-order valence-corrected chi connectivity index (χ2v) is 7.95. The minimum atomic E-state index is -0.621. The van der Waals surface area contributed by atoms with E-state index < -0.39 is 11.9 Å². The van der Waals surface area contributed by atoms with Crippen LogP contribution in [0.3, 0.4) is 0 Å². The Bertz CT molecular complexity index is 1410. The van der Waals surface area contributed by atoms with Crippen molar-refractivity contribution in [1.82, 2.24) is 24.8 Å². The van der Waals surface area contributed by atoms with Crippen molar-refractivity contribution < 1.29 is 13.8 Å². The molecule has 0 N–H and O–H groups in total. The molecule has 1 aromatic carbocycles. The van der Waals surface area contributed by atoms with E-state index in [0.717, 1.165) is 5.56 Å². The van der Waals surface area contributed by atoms with Crippen LogP contribution in [-0.4, -0.2) is 37.2 Å². The number of amides is 1. The highest BCUT2D eigenvalue weighted by atomic mass is 16.5. The van der Waals surface area contributed by atoms with Crippen LogP contribution in [-0.2, 0) is 6.54 Å². The fraction of sp³-hybridized carbons (Fsp3) is 0.333. The van der Waals surface area contributed by atoms with E-state index in [2.05, 4.69) is 21.4 Å². The van der Waals surface area contributed by atoms with E-state index in [9.17, 15) is 14.9 Å². The molecular weight excluding hydrogens is 436 g/mol. The van der Waals surface area contributed by atoms with Gasteiger partial charge in [-0.25, -0.2) is 0 Å². The number of aromatic nitrogens is 4. The van der Waals surface area contributed by atoms with Gasteiger partial charge in [0.2, 0.25) is 0 Å². The fourth-order valence-electron chi connectivity index (χ4n) is 3.98. The average Bonchev–Trinajstić information content (AvgIpc) is 3.44. The van der Waals surface area contributed by atoms with Crippen LogP contribution in [0, 0.1) is 25.2 Å². The first kappa shape index (κ1) is 22.9. The summed E-state index contributed by atoms with van der Waals surface area (Å²) in [6, 6.07) is 12.5. The Morgan fingerprint density at radius 2 is 1.97 bits per heavy atom. The van der Waals surface area contributed by atoms with Crippen LogP contribution < -0.4 is 5.56 Å². The maximum absolute atomic E-state index is 13.6. The molecule has 0 fully saturated rings. The molecule has 3 heterocycles. The van der Waals surface area contributed by atoms with E-state index in [-0.39, 0.29) is 36.5 Å². The number of aryl methyl sites for hydroxylation is 2. The van der Waals surface area contributed by atoms with Gasteiger partial charge in [-0.3, -0.25) is 14.2 Å². The van der Waals surface area contributed by atoms with Gasteiger partial charge in [-0.1, -0.05) is 47.6 Å². The first-order valence-electron chi connectivity index (χ1n) is 11.0. The molecular formula is C24H24N6O4. The van der Waals surface area contributed by atoms with Crippen LogP contribution in [0.1, 0.15) is 59.1 Å². The SMILES string of the molecule is CCC(c1nc2onc(C)c2c(=O)n1Cc1ccccc1)N(CCC#N)C(=O)c1cc(C)on1. The van der Waals surface area contributed by atoms with Crippen molar-refractivity contribution in [1.29, 1.82) is 5.26 Å². The second-order valence-electron chi connectivity index (χ2n) is 7.95. The highest BCUT2D eigenvalue weighted by molar-refractivity contribution is 5.92. The summed E-state index contributed by atoms with van der Waals surface area (Å²) >= 11 is 0. The number of benzene rings is 1. The molecule has 3 aromatic heterocycles. The quantitative estimate of drug-likeness (QED) is 0.390. The lowest BCUT2D eigenvalue weighted by atomic mass is 10.1. The monoisotopic (exact) mass is 460 g/mol. The first-order valence-corrected chi connectivity index (χ1v) is 11.0. The number of carbonyl (C=O) groups excluding carboxylic acids is 1. The van der Waals surface area contributed by atoms with E-state index in [0.29, 0.717) is 29.1 Å². The Balaban J connectivity index is 1.88. The van der Waals surface area contributed by atoms with Gasteiger partial charge in [0, 0.05) is 12.6 Å². The second kappa shape index (κ2) is 9.70. The molecule has 0 spiro atoms. The van der Waals surface area contributed by atoms with Crippen molar-refractivity contribution in [2.24, 2.45) is 0 Å². The van der Waals surface area contributed by atoms with Gasteiger partial charge in [0.15, 0.2) is 5.69 Å². The van der Waals surface area contributed by atoms with E-state index >= 15 is 0 Å². The van der Waals surface area contributed by atoms with Gasteiger partial charge >= 0.3 is 0 Å². The molecule has 0 saturated carbocycles. The third kappa shape index (κ3) is 4.32. The minimum absolute atomic E-state index is 0.103. The summed E-state index contributed by atoms with van der Waals surface area (Å²) in [5, 5.41) is 17.3. The number of hydrogen-bond acceptors (Lipinski definition) is 8. The van der Waals surface area contributed by atoms with Gasteiger partial charge in [0.05, 0.1) is 30.8 Å². The number of hydrogen-bond donors (Lipinski definition) is 0. The lowest BCUT2D eigenvalue weighted by Gasteiger charge is -2.31. The van der Waals surface area contributed by atoms with Crippen LogP contribution in [0.2, 0.25) is 0 Å². The molecule has 10 heteroatoms. The molecule has 1 unspecified atom stereocenters. The lowest BCUT2D eigenvalue weighted by molar-refractivity contribution is 0.0651. The molecule has 0 bridgehead atoms. The maximum Gasteiger partial charge on any atom is 0.276 e. The number of carbonyl (C=O) groups is 1. The molecule has 174 valence electrons. The predicted octanol–water partition coefficient (Wildman–Crippen LogP) is 3.54. The van der Waals surface area contributed by atoms with Gasteiger partial charge in [-0.15, -0.1) is 0 Å². The van der Waals surface area contributed by atoms with Crippen molar-refractivity contribution >= 4 is 17.0 Å². The molecule has 1 atom stereocenters. The number of rotatable bonds is 8. The molecule has 1 amide bonds. The Kier molecular flexibility index (Phi) is 6.54. The summed E-state index contributed by atoms with van der Waals surface area (Å²) in [6.45, 7) is 5.66. The molecule has 0 saturated heterocycles. The van der Waals surface area contributed by atoms with Crippen LogP contribution in [0.15, 0.2) is 50.2 Å². The summed E-state index contributed by atoms with van der Waals surface area (Å²) in [4.78, 5) is 33.1. The van der Waals surface area contributed by atoms with Crippen LogP contribution in [0.25, 0.3) is 11.1 Å².